The summed E-state index contributed by atoms with van der Waals surface area (Å²) in [6, 6.07) is 13.6. The van der Waals surface area contributed by atoms with Crippen LogP contribution in [-0.2, 0) is 4.74 Å². The summed E-state index contributed by atoms with van der Waals surface area (Å²) in [6.07, 6.45) is 1.81. The largest absolute Gasteiger partial charge is 0.478 e. The van der Waals surface area contributed by atoms with Crippen LogP contribution in [0.3, 0.4) is 0 Å². The van der Waals surface area contributed by atoms with E-state index in [0.717, 1.165) is 12.8 Å². The standard InChI is InChI=1S/C20H22O4/c1-14(2)8-7-13-24-20(23)18-12-6-4-10-16(18)15-9-3-5-11-17(15)19(21)22/h3-6,9-12,14H,7-8,13H2,1-2H3,(H,21,22). The van der Waals surface area contributed by atoms with Crippen LogP contribution in [0.25, 0.3) is 11.1 Å². The van der Waals surface area contributed by atoms with Gasteiger partial charge in [-0.25, -0.2) is 9.59 Å². The van der Waals surface area contributed by atoms with Crippen LogP contribution in [0.5, 0.6) is 0 Å². The second kappa shape index (κ2) is 8.29. The van der Waals surface area contributed by atoms with E-state index in [0.29, 0.717) is 29.2 Å². The second-order valence-electron chi connectivity index (χ2n) is 6.07. The minimum Gasteiger partial charge on any atom is -0.478 e. The molecule has 0 aliphatic carbocycles. The van der Waals surface area contributed by atoms with E-state index >= 15 is 0 Å². The quantitative estimate of drug-likeness (QED) is 0.594. The molecular weight excluding hydrogens is 304 g/mol. The van der Waals surface area contributed by atoms with E-state index in [9.17, 15) is 14.7 Å². The van der Waals surface area contributed by atoms with Gasteiger partial charge in [0.25, 0.3) is 0 Å². The Morgan fingerprint density at radius 3 is 2.08 bits per heavy atom. The molecule has 126 valence electrons. The van der Waals surface area contributed by atoms with Crippen molar-refractivity contribution in [1.82, 2.24) is 0 Å². The monoisotopic (exact) mass is 326 g/mol. The highest BCUT2D eigenvalue weighted by molar-refractivity contribution is 6.02. The van der Waals surface area contributed by atoms with Crippen molar-refractivity contribution < 1.29 is 19.4 Å². The number of carboxylic acids is 1. The molecular formula is C20H22O4. The molecule has 0 heterocycles. The third-order valence-corrected chi connectivity index (χ3v) is 3.75. The first-order valence-electron chi connectivity index (χ1n) is 8.09. The molecule has 0 radical (unpaired) electrons. The Hall–Kier alpha value is -2.62. The number of ether oxygens (including phenoxy) is 1. The first kappa shape index (κ1) is 17.7. The van der Waals surface area contributed by atoms with Crippen LogP contribution in [0.4, 0.5) is 0 Å². The average molecular weight is 326 g/mol. The maximum absolute atomic E-state index is 12.4. The van der Waals surface area contributed by atoms with Gasteiger partial charge in [-0.3, -0.25) is 0 Å². The van der Waals surface area contributed by atoms with E-state index in [4.69, 9.17) is 4.74 Å². The second-order valence-corrected chi connectivity index (χ2v) is 6.07. The molecule has 0 amide bonds. The number of hydrogen-bond acceptors (Lipinski definition) is 3. The summed E-state index contributed by atoms with van der Waals surface area (Å²) in [6.45, 7) is 4.62. The summed E-state index contributed by atoms with van der Waals surface area (Å²) < 4.78 is 5.35. The van der Waals surface area contributed by atoms with Crippen molar-refractivity contribution in [3.63, 3.8) is 0 Å². The highest BCUT2D eigenvalue weighted by Gasteiger charge is 2.18. The van der Waals surface area contributed by atoms with Crippen LogP contribution in [-0.4, -0.2) is 23.7 Å². The van der Waals surface area contributed by atoms with Crippen molar-refractivity contribution >= 4 is 11.9 Å². The zero-order valence-corrected chi connectivity index (χ0v) is 14.0. The normalized spacial score (nSPS) is 10.6. The van der Waals surface area contributed by atoms with Gasteiger partial charge in [-0.2, -0.15) is 0 Å². The predicted octanol–water partition coefficient (Wildman–Crippen LogP) is 4.64. The molecule has 2 aromatic carbocycles. The van der Waals surface area contributed by atoms with Crippen LogP contribution in [0.15, 0.2) is 48.5 Å². The van der Waals surface area contributed by atoms with Crippen LogP contribution in [0.2, 0.25) is 0 Å². The fourth-order valence-electron chi connectivity index (χ4n) is 2.53. The molecule has 0 aliphatic heterocycles. The molecule has 0 saturated heterocycles. The van der Waals surface area contributed by atoms with E-state index in [2.05, 4.69) is 13.8 Å². The van der Waals surface area contributed by atoms with Gasteiger partial charge >= 0.3 is 11.9 Å². The first-order chi connectivity index (χ1) is 11.5. The molecule has 2 aromatic rings. The molecule has 0 aliphatic rings. The Kier molecular flexibility index (Phi) is 6.13. The third kappa shape index (κ3) is 4.44. The highest BCUT2D eigenvalue weighted by atomic mass is 16.5. The number of aromatic carboxylic acids is 1. The summed E-state index contributed by atoms with van der Waals surface area (Å²) in [5, 5.41) is 9.37. The number of esters is 1. The number of benzene rings is 2. The van der Waals surface area contributed by atoms with Crippen molar-refractivity contribution in [2.45, 2.75) is 26.7 Å². The lowest BCUT2D eigenvalue weighted by Crippen LogP contribution is -2.09. The van der Waals surface area contributed by atoms with Crippen molar-refractivity contribution in [3.8, 4) is 11.1 Å². The maximum Gasteiger partial charge on any atom is 0.338 e. The van der Waals surface area contributed by atoms with E-state index in [1.807, 2.05) is 0 Å². The van der Waals surface area contributed by atoms with Gasteiger partial charge in [0.05, 0.1) is 17.7 Å². The number of carbonyl (C=O) groups is 2. The first-order valence-corrected chi connectivity index (χ1v) is 8.09. The van der Waals surface area contributed by atoms with Gasteiger partial charge in [-0.1, -0.05) is 50.2 Å². The zero-order chi connectivity index (χ0) is 17.5. The number of carbonyl (C=O) groups excluding carboxylic acids is 1. The molecule has 1 N–H and O–H groups in total. The molecule has 0 bridgehead atoms. The number of hydrogen-bond donors (Lipinski definition) is 1. The van der Waals surface area contributed by atoms with Crippen molar-refractivity contribution in [2.24, 2.45) is 5.92 Å². The summed E-state index contributed by atoms with van der Waals surface area (Å²) in [5.74, 6) is -0.876. The van der Waals surface area contributed by atoms with Gasteiger partial charge < -0.3 is 9.84 Å². The summed E-state index contributed by atoms with van der Waals surface area (Å²) in [4.78, 5) is 23.8. The Morgan fingerprint density at radius 2 is 1.50 bits per heavy atom. The lowest BCUT2D eigenvalue weighted by Gasteiger charge is -2.12. The fraction of sp³-hybridized carbons (Fsp3) is 0.300. The summed E-state index contributed by atoms with van der Waals surface area (Å²) in [5.41, 5.74) is 1.64. The van der Waals surface area contributed by atoms with Crippen LogP contribution >= 0.6 is 0 Å². The Bertz CT molecular complexity index is 719. The van der Waals surface area contributed by atoms with Gasteiger partial charge in [-0.05, 0) is 42.0 Å². The third-order valence-electron chi connectivity index (χ3n) is 3.75. The van der Waals surface area contributed by atoms with Gasteiger partial charge in [0.2, 0.25) is 0 Å². The lowest BCUT2D eigenvalue weighted by atomic mass is 9.95. The SMILES string of the molecule is CC(C)CCCOC(=O)c1ccccc1-c1ccccc1C(=O)O. The van der Waals surface area contributed by atoms with E-state index in [-0.39, 0.29) is 5.56 Å². The van der Waals surface area contributed by atoms with Crippen LogP contribution < -0.4 is 0 Å². The molecule has 0 atom stereocenters. The topological polar surface area (TPSA) is 63.6 Å². The minimum atomic E-state index is -1.02. The lowest BCUT2D eigenvalue weighted by molar-refractivity contribution is 0.0495. The van der Waals surface area contributed by atoms with Gasteiger partial charge in [-0.15, -0.1) is 0 Å². The molecule has 4 nitrogen and oxygen atoms in total. The van der Waals surface area contributed by atoms with Crippen LogP contribution in [0, 0.1) is 5.92 Å². The van der Waals surface area contributed by atoms with Gasteiger partial charge in [0.15, 0.2) is 0 Å². The Morgan fingerprint density at radius 1 is 0.958 bits per heavy atom. The molecule has 4 heteroatoms. The van der Waals surface area contributed by atoms with Crippen molar-refractivity contribution in [2.75, 3.05) is 6.61 Å². The number of carboxylic acid groups (broad SMARTS) is 1. The fourth-order valence-corrected chi connectivity index (χ4v) is 2.53. The Labute approximate surface area is 142 Å². The average Bonchev–Trinajstić information content (AvgIpc) is 2.58. The summed E-state index contributed by atoms with van der Waals surface area (Å²) in [7, 11) is 0. The predicted molar refractivity (Wildman–Crippen MR) is 93.2 cm³/mol. The zero-order valence-electron chi connectivity index (χ0n) is 14.0. The summed E-state index contributed by atoms with van der Waals surface area (Å²) >= 11 is 0. The highest BCUT2D eigenvalue weighted by Crippen LogP contribution is 2.27. The van der Waals surface area contributed by atoms with Crippen molar-refractivity contribution in [3.05, 3.63) is 59.7 Å². The van der Waals surface area contributed by atoms with E-state index in [1.54, 1.807) is 42.5 Å². The molecule has 0 aromatic heterocycles. The molecule has 0 unspecified atom stereocenters. The maximum atomic E-state index is 12.4. The van der Waals surface area contributed by atoms with Crippen molar-refractivity contribution in [1.29, 1.82) is 0 Å². The Balaban J connectivity index is 2.25. The smallest absolute Gasteiger partial charge is 0.338 e. The number of rotatable bonds is 7. The van der Waals surface area contributed by atoms with E-state index < -0.39 is 11.9 Å². The molecule has 24 heavy (non-hydrogen) atoms. The molecule has 2 rings (SSSR count). The minimum absolute atomic E-state index is 0.164. The molecule has 0 spiro atoms. The van der Waals surface area contributed by atoms with Gasteiger partial charge in [0.1, 0.15) is 0 Å². The molecule has 0 saturated carbocycles. The molecule has 0 fully saturated rings. The van der Waals surface area contributed by atoms with E-state index in [1.165, 1.54) is 6.07 Å². The van der Waals surface area contributed by atoms with Crippen LogP contribution in [0.1, 0.15) is 47.4 Å². The van der Waals surface area contributed by atoms with Gasteiger partial charge in [0, 0.05) is 0 Å².